The number of hydrazone groups is 1. The molecule has 1 atom stereocenters. The number of alkyl halides is 3. The van der Waals surface area contributed by atoms with Crippen LogP contribution in [0.2, 0.25) is 0 Å². The Morgan fingerprint density at radius 2 is 1.92 bits per heavy atom. The van der Waals surface area contributed by atoms with E-state index in [9.17, 15) is 18.3 Å². The molecule has 0 spiro atoms. The summed E-state index contributed by atoms with van der Waals surface area (Å²) in [6, 6.07) is 2.02. The maximum Gasteiger partial charge on any atom is 0.421 e. The van der Waals surface area contributed by atoms with Gasteiger partial charge < -0.3 is 15.2 Å². The molecule has 10 nitrogen and oxygen atoms in total. The highest BCUT2D eigenvalue weighted by molar-refractivity contribution is 5.95. The van der Waals surface area contributed by atoms with Crippen LogP contribution in [0.15, 0.2) is 41.4 Å². The first-order valence-electron chi connectivity index (χ1n) is 12.2. The van der Waals surface area contributed by atoms with Crippen LogP contribution in [0.4, 0.5) is 19.0 Å². The number of likely N-dealkylation sites (N-methyl/N-ethyl adjacent to an activating group) is 1. The second-order valence-corrected chi connectivity index (χ2v) is 9.33. The van der Waals surface area contributed by atoms with E-state index in [1.165, 1.54) is 7.05 Å². The fourth-order valence-electron chi connectivity index (χ4n) is 4.80. The summed E-state index contributed by atoms with van der Waals surface area (Å²) in [6.07, 6.45) is 2.06. The van der Waals surface area contributed by atoms with Gasteiger partial charge in [-0.25, -0.2) is 4.98 Å². The van der Waals surface area contributed by atoms with Crippen LogP contribution in [0.25, 0.3) is 22.2 Å². The van der Waals surface area contributed by atoms with Gasteiger partial charge in [0.25, 0.3) is 0 Å². The van der Waals surface area contributed by atoms with Gasteiger partial charge in [0.05, 0.1) is 17.8 Å². The number of aliphatic hydroxyl groups is 1. The van der Waals surface area contributed by atoms with Crippen LogP contribution in [0.3, 0.4) is 0 Å². The van der Waals surface area contributed by atoms with Gasteiger partial charge in [-0.15, -0.1) is 5.10 Å². The molecule has 2 N–H and O–H groups in total. The first-order valence-corrected chi connectivity index (χ1v) is 12.2. The molecular weight excluding hydrogens is 489 g/mol. The quantitative estimate of drug-likeness (QED) is 0.529. The van der Waals surface area contributed by atoms with Crippen molar-refractivity contribution in [1.82, 2.24) is 29.6 Å². The number of aryl methyl sites for hydroxylation is 1. The second kappa shape index (κ2) is 9.69. The monoisotopic (exact) mass is 518 g/mol. The van der Waals surface area contributed by atoms with Crippen molar-refractivity contribution in [2.45, 2.75) is 57.2 Å². The molecule has 1 unspecified atom stereocenters. The summed E-state index contributed by atoms with van der Waals surface area (Å²) in [7, 11) is 3.24. The fraction of sp³-hybridized carbons (Fsp3) is 0.500. The smallest absolute Gasteiger partial charge is 0.421 e. The number of rotatable bonds is 5. The van der Waals surface area contributed by atoms with Crippen LogP contribution < -0.4 is 5.32 Å². The molecule has 0 bridgehead atoms. The summed E-state index contributed by atoms with van der Waals surface area (Å²) in [5.74, 6) is 0.243. The normalized spacial score (nSPS) is 22.7. The Hall–Kier alpha value is -3.61. The van der Waals surface area contributed by atoms with E-state index in [0.29, 0.717) is 25.7 Å². The minimum Gasteiger partial charge on any atom is -0.473 e. The summed E-state index contributed by atoms with van der Waals surface area (Å²) >= 11 is 0. The summed E-state index contributed by atoms with van der Waals surface area (Å²) in [5, 5.41) is 28.0. The van der Waals surface area contributed by atoms with Gasteiger partial charge >= 0.3 is 6.18 Å². The maximum atomic E-state index is 13.5. The standard InChI is InChI=1S/C24H29F3N8O2/c1-4-28-20-10-19-17(12-29-20)22(14-11-30-33(2)13-14)31-35(19)15-5-7-16(8-6-15)37-23-18(24(25,26)27)9-21(36)34(3)32-23/h9-13,15-16,21,36H,4-8H2,1-3H3,(H,28,29). The number of anilines is 1. The number of pyridine rings is 1. The van der Waals surface area contributed by atoms with Crippen molar-refractivity contribution in [2.24, 2.45) is 12.1 Å². The van der Waals surface area contributed by atoms with Gasteiger partial charge in [-0.1, -0.05) is 0 Å². The number of halogens is 3. The van der Waals surface area contributed by atoms with Crippen molar-refractivity contribution >= 4 is 22.6 Å². The van der Waals surface area contributed by atoms with Crippen LogP contribution in [-0.4, -0.2) is 72.7 Å². The van der Waals surface area contributed by atoms with Crippen molar-refractivity contribution in [3.8, 4) is 11.3 Å². The van der Waals surface area contributed by atoms with Crippen LogP contribution in [0, 0.1) is 0 Å². The van der Waals surface area contributed by atoms with E-state index in [1.54, 1.807) is 10.9 Å². The van der Waals surface area contributed by atoms with E-state index >= 15 is 0 Å². The number of hydrogen-bond donors (Lipinski definition) is 2. The van der Waals surface area contributed by atoms with Crippen LogP contribution in [0.1, 0.15) is 38.6 Å². The number of nitrogens with zero attached hydrogens (tertiary/aromatic N) is 7. The Morgan fingerprint density at radius 3 is 2.57 bits per heavy atom. The van der Waals surface area contributed by atoms with Crippen LogP contribution in [0.5, 0.6) is 0 Å². The molecule has 2 aliphatic rings. The topological polar surface area (TPSA) is 106 Å². The Morgan fingerprint density at radius 1 is 1.16 bits per heavy atom. The van der Waals surface area contributed by atoms with E-state index in [-0.39, 0.29) is 6.04 Å². The predicted octanol–water partition coefficient (Wildman–Crippen LogP) is 3.83. The number of fused-ring (bicyclic) bond motifs is 1. The van der Waals surface area contributed by atoms with E-state index < -0.39 is 30.0 Å². The lowest BCUT2D eigenvalue weighted by Crippen LogP contribution is -2.38. The third-order valence-electron chi connectivity index (χ3n) is 6.68. The van der Waals surface area contributed by atoms with Gasteiger partial charge in [0, 0.05) is 50.0 Å². The van der Waals surface area contributed by atoms with E-state index in [4.69, 9.17) is 9.84 Å². The van der Waals surface area contributed by atoms with E-state index in [1.807, 2.05) is 37.1 Å². The molecular formula is C24H29F3N8O2. The van der Waals surface area contributed by atoms with E-state index in [0.717, 1.165) is 45.6 Å². The second-order valence-electron chi connectivity index (χ2n) is 9.33. The third-order valence-corrected chi connectivity index (χ3v) is 6.68. The highest BCUT2D eigenvalue weighted by Crippen LogP contribution is 2.37. The zero-order valence-electron chi connectivity index (χ0n) is 20.8. The molecule has 1 fully saturated rings. The summed E-state index contributed by atoms with van der Waals surface area (Å²) in [4.78, 5) is 4.52. The Kier molecular flexibility index (Phi) is 6.56. The molecule has 1 aliphatic heterocycles. The number of hydrogen-bond acceptors (Lipinski definition) is 8. The number of aromatic nitrogens is 5. The van der Waals surface area contributed by atoms with Crippen LogP contribution >= 0.6 is 0 Å². The maximum absolute atomic E-state index is 13.5. The lowest BCUT2D eigenvalue weighted by Gasteiger charge is -2.32. The van der Waals surface area contributed by atoms with Gasteiger partial charge in [0.2, 0.25) is 5.90 Å². The molecule has 0 saturated heterocycles. The number of aliphatic hydroxyl groups excluding tert-OH is 1. The van der Waals surface area contributed by atoms with Crippen molar-refractivity contribution in [2.75, 3.05) is 18.9 Å². The zero-order chi connectivity index (χ0) is 26.3. The predicted molar refractivity (Wildman–Crippen MR) is 132 cm³/mol. The van der Waals surface area contributed by atoms with Crippen molar-refractivity contribution < 1.29 is 23.0 Å². The van der Waals surface area contributed by atoms with Gasteiger partial charge in [-0.3, -0.25) is 14.4 Å². The first-order chi connectivity index (χ1) is 17.6. The van der Waals surface area contributed by atoms with Crippen LogP contribution in [-0.2, 0) is 11.8 Å². The first kappa shape index (κ1) is 25.1. The average molecular weight is 519 g/mol. The van der Waals surface area contributed by atoms with Gasteiger partial charge in [-0.2, -0.15) is 23.4 Å². The highest BCUT2D eigenvalue weighted by atomic mass is 19.4. The van der Waals surface area contributed by atoms with Crippen molar-refractivity contribution in [1.29, 1.82) is 0 Å². The molecule has 3 aromatic rings. The third kappa shape index (κ3) is 4.99. The minimum atomic E-state index is -4.67. The average Bonchev–Trinajstić information content (AvgIpc) is 3.44. The summed E-state index contributed by atoms with van der Waals surface area (Å²) in [5.41, 5.74) is 1.55. The Bertz CT molecular complexity index is 1340. The van der Waals surface area contributed by atoms with Crippen molar-refractivity contribution in [3.63, 3.8) is 0 Å². The molecule has 5 rings (SSSR count). The molecule has 3 aromatic heterocycles. The molecule has 1 saturated carbocycles. The lowest BCUT2D eigenvalue weighted by molar-refractivity contribution is -0.0922. The van der Waals surface area contributed by atoms with Gasteiger partial charge in [0.15, 0.2) is 6.23 Å². The highest BCUT2D eigenvalue weighted by Gasteiger charge is 2.42. The molecule has 1 aliphatic carbocycles. The van der Waals surface area contributed by atoms with Crippen molar-refractivity contribution in [3.05, 3.63) is 36.3 Å². The summed E-state index contributed by atoms with van der Waals surface area (Å²) in [6.45, 7) is 2.73. The number of ether oxygens (including phenoxy) is 1. The molecule has 4 heterocycles. The van der Waals surface area contributed by atoms with Gasteiger partial charge in [0.1, 0.15) is 23.2 Å². The molecule has 198 valence electrons. The Labute approximate surface area is 211 Å². The fourth-order valence-corrected chi connectivity index (χ4v) is 4.80. The molecule has 0 radical (unpaired) electrons. The Balaban J connectivity index is 1.37. The molecule has 13 heteroatoms. The number of nitrogens with one attached hydrogen (secondary N) is 1. The zero-order valence-corrected chi connectivity index (χ0v) is 20.8. The largest absolute Gasteiger partial charge is 0.473 e. The van der Waals surface area contributed by atoms with Gasteiger partial charge in [-0.05, 0) is 38.7 Å². The molecule has 0 amide bonds. The summed E-state index contributed by atoms with van der Waals surface area (Å²) < 4.78 is 50.0. The molecule has 37 heavy (non-hydrogen) atoms. The SMILES string of the molecule is CCNc1cc2c(cn1)c(-c1cnn(C)c1)nn2C1CCC(OC2=NN(C)C(O)C=C2C(F)(F)F)CC1. The minimum absolute atomic E-state index is 0.0417. The lowest BCUT2D eigenvalue weighted by atomic mass is 9.93. The van der Waals surface area contributed by atoms with E-state index in [2.05, 4.69) is 20.5 Å². The molecule has 0 aromatic carbocycles.